The molecular formula is C26H29BrFN5O2S. The van der Waals surface area contributed by atoms with Gasteiger partial charge in [0.05, 0.1) is 18.5 Å². The maximum absolute atomic E-state index is 15.0. The van der Waals surface area contributed by atoms with E-state index in [9.17, 15) is 4.79 Å². The first-order valence-corrected chi connectivity index (χ1v) is 13.7. The van der Waals surface area contributed by atoms with Crippen LogP contribution in [0.5, 0.6) is 0 Å². The van der Waals surface area contributed by atoms with Gasteiger partial charge in [0, 0.05) is 34.3 Å². The van der Waals surface area contributed by atoms with Gasteiger partial charge in [-0.1, -0.05) is 53.7 Å². The monoisotopic (exact) mass is 573 g/mol. The fraction of sp³-hybridized carbons (Fsp3) is 0.385. The normalized spacial score (nSPS) is 14.7. The van der Waals surface area contributed by atoms with Gasteiger partial charge in [-0.3, -0.25) is 14.4 Å². The molecule has 0 N–H and O–H groups in total. The average molecular weight is 575 g/mol. The number of methoxy groups -OCH3 is 1. The van der Waals surface area contributed by atoms with Gasteiger partial charge in [-0.05, 0) is 49.8 Å². The Morgan fingerprint density at radius 2 is 1.94 bits per heavy atom. The summed E-state index contributed by atoms with van der Waals surface area (Å²) in [6.07, 6.45) is 0.522. The number of carbonyl (C=O) groups is 1. The number of thioether (sulfide) groups is 1. The van der Waals surface area contributed by atoms with E-state index in [-0.39, 0.29) is 18.2 Å². The van der Waals surface area contributed by atoms with E-state index in [1.807, 2.05) is 22.8 Å². The summed E-state index contributed by atoms with van der Waals surface area (Å²) in [5, 5.41) is 9.78. The molecule has 0 unspecified atom stereocenters. The van der Waals surface area contributed by atoms with Gasteiger partial charge in [-0.15, -0.1) is 10.2 Å². The molecule has 2 aromatic carbocycles. The van der Waals surface area contributed by atoms with Gasteiger partial charge in [0.25, 0.3) is 0 Å². The molecule has 0 amide bonds. The Kier molecular flexibility index (Phi) is 8.92. The molecule has 0 radical (unpaired) electrons. The van der Waals surface area contributed by atoms with Crippen molar-refractivity contribution in [2.75, 3.05) is 32.5 Å². The Hall–Kier alpha value is -2.56. The molecule has 0 saturated heterocycles. The molecule has 7 nitrogen and oxygen atoms in total. The van der Waals surface area contributed by atoms with Crippen LogP contribution >= 0.6 is 27.7 Å². The number of hydrogen-bond acceptors (Lipinski definition) is 7. The Morgan fingerprint density at radius 1 is 1.17 bits per heavy atom. The largest absolute Gasteiger partial charge is 0.469 e. The van der Waals surface area contributed by atoms with Gasteiger partial charge >= 0.3 is 5.97 Å². The minimum atomic E-state index is -0.505. The molecular weight excluding hydrogens is 545 g/mol. The first-order chi connectivity index (χ1) is 17.5. The Labute approximate surface area is 223 Å². The van der Waals surface area contributed by atoms with Crippen LogP contribution in [0, 0.1) is 5.82 Å². The van der Waals surface area contributed by atoms with Gasteiger partial charge in [0.1, 0.15) is 11.9 Å². The van der Waals surface area contributed by atoms with Crippen molar-refractivity contribution < 1.29 is 13.9 Å². The highest BCUT2D eigenvalue weighted by molar-refractivity contribution is 9.10. The van der Waals surface area contributed by atoms with Crippen LogP contribution in [0.15, 0.2) is 57.1 Å². The highest BCUT2D eigenvalue weighted by Gasteiger charge is 2.30. The molecule has 190 valence electrons. The number of aliphatic imine (C=N–C) groups is 1. The second-order valence-corrected chi connectivity index (χ2v) is 10.3. The van der Waals surface area contributed by atoms with E-state index in [4.69, 9.17) is 9.73 Å². The van der Waals surface area contributed by atoms with E-state index in [1.165, 1.54) is 13.2 Å². The first-order valence-electron chi connectivity index (χ1n) is 12.0. The van der Waals surface area contributed by atoms with E-state index in [0.717, 1.165) is 46.3 Å². The first kappa shape index (κ1) is 26.5. The maximum Gasteiger partial charge on any atom is 0.305 e. The third kappa shape index (κ3) is 5.71. The molecule has 1 atom stereocenters. The number of rotatable bonds is 10. The summed E-state index contributed by atoms with van der Waals surface area (Å²) in [5.41, 5.74) is 2.51. The summed E-state index contributed by atoms with van der Waals surface area (Å²) in [7, 11) is 1.37. The quantitative estimate of drug-likeness (QED) is 0.237. The zero-order valence-corrected chi connectivity index (χ0v) is 23.0. The standard InChI is InChI=1S/C26H29BrFN5O2S/c1-4-32(5-2)14-15-36-26-31-30-25-21(11-13-23(34)35-3)29-24(18-8-6-7-9-20(18)28)19-16-17(27)10-12-22(19)33(25)26/h6-10,12,16,21H,4-5,11,13-15H2,1-3H3/t21-/m0/s1. The Bertz CT molecular complexity index is 1260. The summed E-state index contributed by atoms with van der Waals surface area (Å²) >= 11 is 5.20. The fourth-order valence-electron chi connectivity index (χ4n) is 4.22. The third-order valence-electron chi connectivity index (χ3n) is 6.21. The van der Waals surface area contributed by atoms with Crippen molar-refractivity contribution in [3.8, 4) is 5.69 Å². The summed E-state index contributed by atoms with van der Waals surface area (Å²) in [4.78, 5) is 19.3. The third-order valence-corrected chi connectivity index (χ3v) is 7.61. The van der Waals surface area contributed by atoms with E-state index >= 15 is 4.39 Å². The van der Waals surface area contributed by atoms with E-state index in [2.05, 4.69) is 44.9 Å². The van der Waals surface area contributed by atoms with Gasteiger partial charge in [0.15, 0.2) is 11.0 Å². The zero-order valence-electron chi connectivity index (χ0n) is 20.6. The molecule has 1 aromatic heterocycles. The Morgan fingerprint density at radius 3 is 2.67 bits per heavy atom. The van der Waals surface area contributed by atoms with Crippen molar-refractivity contribution in [1.82, 2.24) is 19.7 Å². The van der Waals surface area contributed by atoms with Gasteiger partial charge < -0.3 is 9.64 Å². The lowest BCUT2D eigenvalue weighted by Crippen LogP contribution is -2.25. The highest BCUT2D eigenvalue weighted by atomic mass is 79.9. The molecule has 4 rings (SSSR count). The smallest absolute Gasteiger partial charge is 0.305 e. The molecule has 0 bridgehead atoms. The lowest BCUT2D eigenvalue weighted by Gasteiger charge is -2.18. The van der Waals surface area contributed by atoms with Crippen LogP contribution in [-0.2, 0) is 9.53 Å². The van der Waals surface area contributed by atoms with Crippen molar-refractivity contribution in [3.63, 3.8) is 0 Å². The molecule has 3 aromatic rings. The second-order valence-electron chi connectivity index (χ2n) is 8.30. The second kappa shape index (κ2) is 12.1. The van der Waals surface area contributed by atoms with E-state index in [0.29, 0.717) is 23.5 Å². The average Bonchev–Trinajstić information content (AvgIpc) is 3.25. The number of fused-ring (bicyclic) bond motifs is 3. The number of hydrogen-bond donors (Lipinski definition) is 0. The van der Waals surface area contributed by atoms with E-state index < -0.39 is 6.04 Å². The van der Waals surface area contributed by atoms with Crippen LogP contribution in [0.2, 0.25) is 0 Å². The molecule has 0 fully saturated rings. The summed E-state index contributed by atoms with van der Waals surface area (Å²) in [6.45, 7) is 7.20. The minimum absolute atomic E-state index is 0.159. The summed E-state index contributed by atoms with van der Waals surface area (Å²) in [5.74, 6) is 0.779. The highest BCUT2D eigenvalue weighted by Crippen LogP contribution is 2.36. The molecule has 0 saturated carbocycles. The maximum atomic E-state index is 15.0. The Balaban J connectivity index is 1.83. The summed E-state index contributed by atoms with van der Waals surface area (Å²) < 4.78 is 22.8. The number of nitrogens with zero attached hydrogens (tertiary/aromatic N) is 5. The molecule has 0 spiro atoms. The molecule has 10 heteroatoms. The van der Waals surface area contributed by atoms with Gasteiger partial charge in [-0.25, -0.2) is 4.39 Å². The topological polar surface area (TPSA) is 72.6 Å². The lowest BCUT2D eigenvalue weighted by molar-refractivity contribution is -0.140. The van der Waals surface area contributed by atoms with Crippen molar-refractivity contribution in [2.24, 2.45) is 4.99 Å². The molecule has 1 aliphatic heterocycles. The summed E-state index contributed by atoms with van der Waals surface area (Å²) in [6, 6.07) is 12.0. The number of ether oxygens (including phenoxy) is 1. The predicted molar refractivity (Wildman–Crippen MR) is 144 cm³/mol. The van der Waals surface area contributed by atoms with Crippen LogP contribution in [-0.4, -0.2) is 63.8 Å². The van der Waals surface area contributed by atoms with Gasteiger partial charge in [0.2, 0.25) is 0 Å². The number of benzene rings is 2. The van der Waals surface area contributed by atoms with Crippen LogP contribution in [0.1, 0.15) is 49.7 Å². The lowest BCUT2D eigenvalue weighted by atomic mass is 10.00. The van der Waals surface area contributed by atoms with Crippen LogP contribution in [0.25, 0.3) is 5.69 Å². The van der Waals surface area contributed by atoms with E-state index in [1.54, 1.807) is 30.0 Å². The van der Waals surface area contributed by atoms with Crippen LogP contribution < -0.4 is 0 Å². The van der Waals surface area contributed by atoms with Crippen LogP contribution in [0.3, 0.4) is 0 Å². The number of aromatic nitrogens is 3. The predicted octanol–water partition coefficient (Wildman–Crippen LogP) is 5.45. The number of carbonyl (C=O) groups excluding carboxylic acids is 1. The molecule has 1 aliphatic rings. The van der Waals surface area contributed by atoms with Crippen molar-refractivity contribution in [2.45, 2.75) is 37.9 Å². The fourth-order valence-corrected chi connectivity index (χ4v) is 5.53. The zero-order chi connectivity index (χ0) is 25.7. The van der Waals surface area contributed by atoms with Crippen molar-refractivity contribution in [1.29, 1.82) is 0 Å². The molecule has 36 heavy (non-hydrogen) atoms. The number of halogens is 2. The van der Waals surface area contributed by atoms with Gasteiger partial charge in [-0.2, -0.15) is 0 Å². The van der Waals surface area contributed by atoms with Crippen LogP contribution in [0.4, 0.5) is 4.39 Å². The molecule has 0 aliphatic carbocycles. The SMILES string of the molecule is CCN(CC)CCSc1nnc2n1-c1ccc(Br)cc1C(c1ccccc1F)=N[C@H]2CCC(=O)OC. The van der Waals surface area contributed by atoms with Crippen molar-refractivity contribution in [3.05, 3.63) is 69.7 Å². The molecule has 2 heterocycles. The number of esters is 1. The van der Waals surface area contributed by atoms with Crippen molar-refractivity contribution >= 4 is 39.4 Å². The minimum Gasteiger partial charge on any atom is -0.469 e.